The molecule has 0 spiro atoms. The Hall–Kier alpha value is -0.830. The zero-order valence-electron chi connectivity index (χ0n) is 8.32. The normalized spacial score (nSPS) is 13.2. The number of aliphatic hydroxyl groups is 1. The van der Waals surface area contributed by atoms with E-state index >= 15 is 0 Å². The van der Waals surface area contributed by atoms with E-state index in [1.165, 1.54) is 6.08 Å². The fourth-order valence-corrected chi connectivity index (χ4v) is 0.943. The van der Waals surface area contributed by atoms with Gasteiger partial charge in [-0.1, -0.05) is 13.0 Å². The van der Waals surface area contributed by atoms with Gasteiger partial charge >= 0.3 is 5.97 Å². The molecule has 0 saturated heterocycles. The summed E-state index contributed by atoms with van der Waals surface area (Å²) >= 11 is 0. The molecule has 0 aliphatic heterocycles. The van der Waals surface area contributed by atoms with Gasteiger partial charge < -0.3 is 9.84 Å². The number of carbonyl (C=O) groups excluding carboxylic acids is 1. The molecule has 0 aromatic heterocycles. The third-order valence-corrected chi connectivity index (χ3v) is 1.67. The number of esters is 1. The standard InChI is InChI=1S/C10H18O3/c1-3-13-10(12)7-6-9(2)5-4-8-11/h6-7,9,11H,3-5,8H2,1-2H3. The second-order valence-electron chi connectivity index (χ2n) is 2.95. The third-order valence-electron chi connectivity index (χ3n) is 1.67. The summed E-state index contributed by atoms with van der Waals surface area (Å²) in [7, 11) is 0. The first kappa shape index (κ1) is 12.2. The number of allylic oxidation sites excluding steroid dienone is 1. The molecule has 3 heteroatoms. The topological polar surface area (TPSA) is 46.5 Å². The number of carbonyl (C=O) groups is 1. The molecule has 0 rings (SSSR count). The first-order valence-electron chi connectivity index (χ1n) is 4.66. The van der Waals surface area contributed by atoms with Crippen molar-refractivity contribution in [2.45, 2.75) is 26.7 Å². The van der Waals surface area contributed by atoms with E-state index in [2.05, 4.69) is 0 Å². The Kier molecular flexibility index (Phi) is 7.30. The van der Waals surface area contributed by atoms with Gasteiger partial charge in [0.05, 0.1) is 6.61 Å². The van der Waals surface area contributed by atoms with Crippen molar-refractivity contribution in [1.29, 1.82) is 0 Å². The summed E-state index contributed by atoms with van der Waals surface area (Å²) < 4.78 is 4.72. The molecular formula is C10H18O3. The molecule has 0 aliphatic rings. The lowest BCUT2D eigenvalue weighted by atomic mass is 10.1. The van der Waals surface area contributed by atoms with E-state index in [1.54, 1.807) is 6.92 Å². The monoisotopic (exact) mass is 186 g/mol. The summed E-state index contributed by atoms with van der Waals surface area (Å²) in [6.45, 7) is 4.40. The van der Waals surface area contributed by atoms with E-state index in [-0.39, 0.29) is 12.6 Å². The molecule has 0 heterocycles. The highest BCUT2D eigenvalue weighted by Gasteiger charge is 1.98. The van der Waals surface area contributed by atoms with Gasteiger partial charge in [0.1, 0.15) is 0 Å². The van der Waals surface area contributed by atoms with Crippen LogP contribution in [0, 0.1) is 5.92 Å². The van der Waals surface area contributed by atoms with Crippen molar-refractivity contribution in [1.82, 2.24) is 0 Å². The van der Waals surface area contributed by atoms with Gasteiger partial charge in [0.2, 0.25) is 0 Å². The van der Waals surface area contributed by atoms with Gasteiger partial charge in [-0.05, 0) is 25.7 Å². The summed E-state index contributed by atoms with van der Waals surface area (Å²) in [5.41, 5.74) is 0. The van der Waals surface area contributed by atoms with Crippen LogP contribution in [0.5, 0.6) is 0 Å². The number of ether oxygens (including phenoxy) is 1. The molecule has 0 bridgehead atoms. The van der Waals surface area contributed by atoms with E-state index in [1.807, 2.05) is 13.0 Å². The largest absolute Gasteiger partial charge is 0.463 e. The molecule has 1 N–H and O–H groups in total. The molecule has 3 nitrogen and oxygen atoms in total. The molecule has 13 heavy (non-hydrogen) atoms. The lowest BCUT2D eigenvalue weighted by Gasteiger charge is -2.03. The van der Waals surface area contributed by atoms with E-state index in [4.69, 9.17) is 9.84 Å². The molecule has 76 valence electrons. The highest BCUT2D eigenvalue weighted by Crippen LogP contribution is 2.06. The predicted octanol–water partition coefficient (Wildman–Crippen LogP) is 1.51. The van der Waals surface area contributed by atoms with Crippen molar-refractivity contribution >= 4 is 5.97 Å². The summed E-state index contributed by atoms with van der Waals surface area (Å²) in [5, 5.41) is 8.56. The summed E-state index contributed by atoms with van der Waals surface area (Å²) in [6.07, 6.45) is 4.93. The highest BCUT2D eigenvalue weighted by molar-refractivity contribution is 5.81. The van der Waals surface area contributed by atoms with Crippen LogP contribution in [0.4, 0.5) is 0 Å². The van der Waals surface area contributed by atoms with Crippen LogP contribution in [-0.2, 0) is 9.53 Å². The minimum Gasteiger partial charge on any atom is -0.463 e. The molecule has 0 radical (unpaired) electrons. The Morgan fingerprint density at radius 1 is 1.62 bits per heavy atom. The van der Waals surface area contributed by atoms with Crippen LogP contribution in [0.25, 0.3) is 0 Å². The Morgan fingerprint density at radius 2 is 2.31 bits per heavy atom. The van der Waals surface area contributed by atoms with Gasteiger partial charge in [-0.15, -0.1) is 0 Å². The van der Waals surface area contributed by atoms with Gasteiger partial charge in [0, 0.05) is 12.7 Å². The van der Waals surface area contributed by atoms with E-state index < -0.39 is 0 Å². The van der Waals surface area contributed by atoms with E-state index in [0.29, 0.717) is 12.5 Å². The first-order valence-corrected chi connectivity index (χ1v) is 4.66. The van der Waals surface area contributed by atoms with Crippen LogP contribution >= 0.6 is 0 Å². The number of rotatable bonds is 6. The van der Waals surface area contributed by atoms with Crippen molar-refractivity contribution in [2.24, 2.45) is 5.92 Å². The Morgan fingerprint density at radius 3 is 2.85 bits per heavy atom. The van der Waals surface area contributed by atoms with Crippen molar-refractivity contribution in [3.63, 3.8) is 0 Å². The van der Waals surface area contributed by atoms with Crippen molar-refractivity contribution in [3.05, 3.63) is 12.2 Å². The first-order chi connectivity index (χ1) is 6.20. The molecule has 0 amide bonds. The average Bonchev–Trinajstić information content (AvgIpc) is 2.12. The summed E-state index contributed by atoms with van der Waals surface area (Å²) in [5.74, 6) is 0.0231. The lowest BCUT2D eigenvalue weighted by molar-refractivity contribution is -0.137. The van der Waals surface area contributed by atoms with Crippen molar-refractivity contribution in [3.8, 4) is 0 Å². The van der Waals surface area contributed by atoms with Gasteiger partial charge in [0.25, 0.3) is 0 Å². The van der Waals surface area contributed by atoms with Crippen LogP contribution < -0.4 is 0 Å². The van der Waals surface area contributed by atoms with Gasteiger partial charge in [-0.3, -0.25) is 0 Å². The predicted molar refractivity (Wildman–Crippen MR) is 51.3 cm³/mol. The van der Waals surface area contributed by atoms with Crippen LogP contribution in [0.1, 0.15) is 26.7 Å². The lowest BCUT2D eigenvalue weighted by Crippen LogP contribution is -2.00. The second-order valence-corrected chi connectivity index (χ2v) is 2.95. The minimum atomic E-state index is -0.293. The van der Waals surface area contributed by atoms with Crippen LogP contribution in [0.15, 0.2) is 12.2 Å². The van der Waals surface area contributed by atoms with Crippen LogP contribution in [-0.4, -0.2) is 24.3 Å². The maximum atomic E-state index is 10.9. The fourth-order valence-electron chi connectivity index (χ4n) is 0.943. The fraction of sp³-hybridized carbons (Fsp3) is 0.700. The minimum absolute atomic E-state index is 0.206. The molecule has 0 aromatic rings. The maximum absolute atomic E-state index is 10.9. The van der Waals surface area contributed by atoms with E-state index in [9.17, 15) is 4.79 Å². The second kappa shape index (κ2) is 7.80. The van der Waals surface area contributed by atoms with Crippen LogP contribution in [0.3, 0.4) is 0 Å². The molecule has 1 unspecified atom stereocenters. The van der Waals surface area contributed by atoms with Crippen molar-refractivity contribution < 1.29 is 14.6 Å². The van der Waals surface area contributed by atoms with Crippen LogP contribution in [0.2, 0.25) is 0 Å². The number of aliphatic hydroxyl groups excluding tert-OH is 1. The Balaban J connectivity index is 3.62. The molecule has 1 atom stereocenters. The summed E-state index contributed by atoms with van der Waals surface area (Å²) in [4.78, 5) is 10.9. The molecule has 0 aliphatic carbocycles. The Labute approximate surface area is 79.4 Å². The molecule has 0 saturated carbocycles. The molecule has 0 aromatic carbocycles. The van der Waals surface area contributed by atoms with Crippen molar-refractivity contribution in [2.75, 3.05) is 13.2 Å². The third kappa shape index (κ3) is 7.53. The SMILES string of the molecule is CCOC(=O)C=CC(C)CCCO. The summed E-state index contributed by atoms with van der Waals surface area (Å²) in [6, 6.07) is 0. The zero-order chi connectivity index (χ0) is 10.1. The smallest absolute Gasteiger partial charge is 0.330 e. The molecule has 0 fully saturated rings. The van der Waals surface area contributed by atoms with Gasteiger partial charge in [-0.2, -0.15) is 0 Å². The molecular weight excluding hydrogens is 168 g/mol. The number of hydrogen-bond donors (Lipinski definition) is 1. The Bertz CT molecular complexity index is 164. The zero-order valence-corrected chi connectivity index (χ0v) is 8.32. The number of hydrogen-bond acceptors (Lipinski definition) is 3. The quantitative estimate of drug-likeness (QED) is 0.505. The van der Waals surface area contributed by atoms with E-state index in [0.717, 1.165) is 12.8 Å². The van der Waals surface area contributed by atoms with Gasteiger partial charge in [0.15, 0.2) is 0 Å². The van der Waals surface area contributed by atoms with Gasteiger partial charge in [-0.25, -0.2) is 4.79 Å². The maximum Gasteiger partial charge on any atom is 0.330 e. The average molecular weight is 186 g/mol. The highest BCUT2D eigenvalue weighted by atomic mass is 16.5.